The van der Waals surface area contributed by atoms with E-state index in [1.54, 1.807) is 12.1 Å². The third kappa shape index (κ3) is 5.50. The van der Waals surface area contributed by atoms with Crippen molar-refractivity contribution in [3.05, 3.63) is 64.1 Å². The number of sulfonamides is 1. The molecule has 9 nitrogen and oxygen atoms in total. The molecule has 2 aromatic carbocycles. The highest BCUT2D eigenvalue weighted by Crippen LogP contribution is 2.22. The number of rotatable bonds is 7. The van der Waals surface area contributed by atoms with E-state index in [2.05, 4.69) is 35.9 Å². The van der Waals surface area contributed by atoms with Gasteiger partial charge in [-0.05, 0) is 48.9 Å². The topological polar surface area (TPSA) is 120 Å². The number of ether oxygens (including phenoxy) is 2. The zero-order valence-electron chi connectivity index (χ0n) is 16.8. The highest BCUT2D eigenvalue weighted by molar-refractivity contribution is 9.10. The molecule has 0 saturated heterocycles. The molecule has 0 fully saturated rings. The van der Waals surface area contributed by atoms with Crippen LogP contribution in [0.15, 0.2) is 57.9 Å². The SMILES string of the molecule is COc1cc(NS(=O)(=O)c2ccc(NC(=O)c3ccc(C)c(Br)c3)cc2)nc(OC)n1. The van der Waals surface area contributed by atoms with Crippen LogP contribution in [-0.2, 0) is 10.0 Å². The Bertz CT molecular complexity index is 1190. The van der Waals surface area contributed by atoms with Gasteiger partial charge in [-0.25, -0.2) is 8.42 Å². The quantitative estimate of drug-likeness (QED) is 0.501. The maximum atomic E-state index is 12.7. The van der Waals surface area contributed by atoms with Crippen molar-refractivity contribution in [1.29, 1.82) is 0 Å². The zero-order valence-corrected chi connectivity index (χ0v) is 19.2. The lowest BCUT2D eigenvalue weighted by molar-refractivity contribution is 0.102. The molecule has 1 aromatic heterocycles. The Hall–Kier alpha value is -3.18. The molecule has 0 bridgehead atoms. The number of nitrogens with one attached hydrogen (secondary N) is 2. The Morgan fingerprint density at radius 1 is 1.00 bits per heavy atom. The summed E-state index contributed by atoms with van der Waals surface area (Å²) >= 11 is 3.40. The molecular formula is C20H19BrN4O5S. The van der Waals surface area contributed by atoms with E-state index in [9.17, 15) is 13.2 Å². The lowest BCUT2D eigenvalue weighted by Crippen LogP contribution is -2.15. The van der Waals surface area contributed by atoms with Gasteiger partial charge in [0.25, 0.3) is 15.9 Å². The number of carbonyl (C=O) groups is 1. The van der Waals surface area contributed by atoms with E-state index in [0.717, 1.165) is 10.0 Å². The number of methoxy groups -OCH3 is 2. The average Bonchev–Trinajstić information content (AvgIpc) is 2.75. The van der Waals surface area contributed by atoms with E-state index in [1.807, 2.05) is 13.0 Å². The summed E-state index contributed by atoms with van der Waals surface area (Å²) in [4.78, 5) is 20.3. The molecule has 1 heterocycles. The number of halogens is 1. The highest BCUT2D eigenvalue weighted by atomic mass is 79.9. The highest BCUT2D eigenvalue weighted by Gasteiger charge is 2.17. The second-order valence-electron chi connectivity index (χ2n) is 6.33. The summed E-state index contributed by atoms with van der Waals surface area (Å²) < 4.78 is 38.5. The molecule has 0 atom stereocenters. The van der Waals surface area contributed by atoms with Crippen molar-refractivity contribution < 1.29 is 22.7 Å². The number of hydrogen-bond acceptors (Lipinski definition) is 7. The fourth-order valence-electron chi connectivity index (χ4n) is 2.50. The number of aromatic nitrogens is 2. The van der Waals surface area contributed by atoms with Gasteiger partial charge in [-0.2, -0.15) is 9.97 Å². The summed E-state index contributed by atoms with van der Waals surface area (Å²) in [7, 11) is -1.19. The van der Waals surface area contributed by atoms with E-state index in [4.69, 9.17) is 9.47 Å². The van der Waals surface area contributed by atoms with Gasteiger partial charge in [0.1, 0.15) is 0 Å². The standard InChI is InChI=1S/C20H19BrN4O5S/c1-12-4-5-13(10-16(12)21)19(26)22-14-6-8-15(9-7-14)31(27,28)25-17-11-18(29-2)24-20(23-17)30-3/h4-11H,1-3H3,(H,22,26)(H,23,24,25). The molecule has 3 rings (SSSR count). The lowest BCUT2D eigenvalue weighted by Gasteiger charge is -2.11. The molecule has 11 heteroatoms. The van der Waals surface area contributed by atoms with Gasteiger partial charge >= 0.3 is 6.01 Å². The molecule has 0 aliphatic heterocycles. The Balaban J connectivity index is 1.75. The minimum atomic E-state index is -3.94. The maximum Gasteiger partial charge on any atom is 0.321 e. The van der Waals surface area contributed by atoms with Crippen LogP contribution in [0.3, 0.4) is 0 Å². The van der Waals surface area contributed by atoms with Crippen LogP contribution in [0.1, 0.15) is 15.9 Å². The first-order valence-electron chi connectivity index (χ1n) is 8.89. The van der Waals surface area contributed by atoms with E-state index < -0.39 is 10.0 Å². The van der Waals surface area contributed by atoms with Crippen LogP contribution in [0, 0.1) is 6.92 Å². The number of nitrogens with zero attached hydrogens (tertiary/aromatic N) is 2. The summed E-state index contributed by atoms with van der Waals surface area (Å²) in [6, 6.07) is 12.3. The van der Waals surface area contributed by atoms with Crippen LogP contribution < -0.4 is 19.5 Å². The monoisotopic (exact) mass is 506 g/mol. The van der Waals surface area contributed by atoms with E-state index in [1.165, 1.54) is 44.6 Å². The van der Waals surface area contributed by atoms with Crippen molar-refractivity contribution in [3.63, 3.8) is 0 Å². The Morgan fingerprint density at radius 3 is 2.32 bits per heavy atom. The number of aryl methyl sites for hydroxylation is 1. The van der Waals surface area contributed by atoms with Crippen LogP contribution in [-0.4, -0.2) is 38.5 Å². The molecule has 2 N–H and O–H groups in total. The average molecular weight is 507 g/mol. The van der Waals surface area contributed by atoms with Crippen molar-refractivity contribution in [3.8, 4) is 11.9 Å². The third-order valence-electron chi connectivity index (χ3n) is 4.17. The van der Waals surface area contributed by atoms with Crippen LogP contribution in [0.25, 0.3) is 0 Å². The van der Waals surface area contributed by atoms with Crippen molar-refractivity contribution in [2.45, 2.75) is 11.8 Å². The molecule has 0 aliphatic carbocycles. The van der Waals surface area contributed by atoms with Crippen LogP contribution in [0.4, 0.5) is 11.5 Å². The predicted molar refractivity (Wildman–Crippen MR) is 119 cm³/mol. The summed E-state index contributed by atoms with van der Waals surface area (Å²) in [5.74, 6) is -0.175. The van der Waals surface area contributed by atoms with Gasteiger partial charge in [-0.15, -0.1) is 0 Å². The molecule has 162 valence electrons. The summed E-state index contributed by atoms with van der Waals surface area (Å²) in [5, 5.41) is 2.73. The zero-order chi connectivity index (χ0) is 22.6. The molecular weight excluding hydrogens is 488 g/mol. The largest absolute Gasteiger partial charge is 0.481 e. The molecule has 0 unspecified atom stereocenters. The Morgan fingerprint density at radius 2 is 1.71 bits per heavy atom. The van der Waals surface area contributed by atoms with Crippen molar-refractivity contribution in [2.24, 2.45) is 0 Å². The van der Waals surface area contributed by atoms with Gasteiger partial charge in [0.05, 0.1) is 19.1 Å². The Kier molecular flexibility index (Phi) is 6.76. The third-order valence-corrected chi connectivity index (χ3v) is 6.39. The van der Waals surface area contributed by atoms with Crippen molar-refractivity contribution >= 4 is 43.4 Å². The fourth-order valence-corrected chi connectivity index (χ4v) is 3.87. The van der Waals surface area contributed by atoms with Crippen molar-refractivity contribution in [2.75, 3.05) is 24.3 Å². The van der Waals surface area contributed by atoms with E-state index in [-0.39, 0.29) is 28.5 Å². The van der Waals surface area contributed by atoms with Gasteiger partial charge in [-0.3, -0.25) is 9.52 Å². The van der Waals surface area contributed by atoms with Crippen molar-refractivity contribution in [1.82, 2.24) is 9.97 Å². The maximum absolute atomic E-state index is 12.7. The van der Waals surface area contributed by atoms with Gasteiger partial charge in [-0.1, -0.05) is 22.0 Å². The summed E-state index contributed by atoms with van der Waals surface area (Å²) in [6.45, 7) is 1.92. The lowest BCUT2D eigenvalue weighted by atomic mass is 10.1. The smallest absolute Gasteiger partial charge is 0.321 e. The number of anilines is 2. The summed E-state index contributed by atoms with van der Waals surface area (Å²) in [6.07, 6.45) is 0. The Labute approximate surface area is 188 Å². The fraction of sp³-hybridized carbons (Fsp3) is 0.150. The van der Waals surface area contributed by atoms with E-state index in [0.29, 0.717) is 11.3 Å². The second-order valence-corrected chi connectivity index (χ2v) is 8.87. The van der Waals surface area contributed by atoms with Gasteiger partial charge in [0, 0.05) is 21.8 Å². The molecule has 0 aliphatic rings. The minimum Gasteiger partial charge on any atom is -0.481 e. The molecule has 3 aromatic rings. The first-order valence-corrected chi connectivity index (χ1v) is 11.2. The minimum absolute atomic E-state index is 0.00831. The molecule has 1 amide bonds. The number of benzene rings is 2. The first-order chi connectivity index (χ1) is 14.7. The number of hydrogen-bond donors (Lipinski definition) is 2. The number of carbonyl (C=O) groups excluding carboxylic acids is 1. The first kappa shape index (κ1) is 22.5. The van der Waals surface area contributed by atoms with Crippen LogP contribution >= 0.6 is 15.9 Å². The molecule has 0 saturated carbocycles. The number of amides is 1. The van der Waals surface area contributed by atoms with Gasteiger partial charge in [0.2, 0.25) is 5.88 Å². The van der Waals surface area contributed by atoms with Gasteiger partial charge < -0.3 is 14.8 Å². The van der Waals surface area contributed by atoms with Gasteiger partial charge in [0.15, 0.2) is 5.82 Å². The molecule has 31 heavy (non-hydrogen) atoms. The second kappa shape index (κ2) is 9.31. The normalized spacial score (nSPS) is 11.0. The van der Waals surface area contributed by atoms with E-state index >= 15 is 0 Å². The van der Waals surface area contributed by atoms with Crippen LogP contribution in [0.2, 0.25) is 0 Å². The molecule has 0 spiro atoms. The van der Waals surface area contributed by atoms with Crippen LogP contribution in [0.5, 0.6) is 11.9 Å². The summed E-state index contributed by atoms with van der Waals surface area (Å²) in [5.41, 5.74) is 1.94. The molecule has 0 radical (unpaired) electrons. The predicted octanol–water partition coefficient (Wildman–Crippen LogP) is 3.62.